The van der Waals surface area contributed by atoms with Gasteiger partial charge in [-0.1, -0.05) is 24.3 Å². The van der Waals surface area contributed by atoms with Gasteiger partial charge in [-0.05, 0) is 49.7 Å². The lowest BCUT2D eigenvalue weighted by molar-refractivity contribution is -0.133. The van der Waals surface area contributed by atoms with Crippen molar-refractivity contribution in [3.8, 4) is 0 Å². The zero-order chi connectivity index (χ0) is 16.9. The van der Waals surface area contributed by atoms with Gasteiger partial charge in [-0.2, -0.15) is 0 Å². The second kappa shape index (κ2) is 7.69. The molecule has 0 N–H and O–H groups in total. The lowest BCUT2D eigenvalue weighted by Gasteiger charge is -2.33. The summed E-state index contributed by atoms with van der Waals surface area (Å²) >= 11 is 0. The summed E-state index contributed by atoms with van der Waals surface area (Å²) in [5, 5.41) is 0. The van der Waals surface area contributed by atoms with Crippen molar-refractivity contribution >= 4 is 12.0 Å². The fraction of sp³-hybridized carbons (Fsp3) is 0.579. The quantitative estimate of drug-likeness (QED) is 0.834. The van der Waals surface area contributed by atoms with Gasteiger partial charge in [-0.25, -0.2) is 4.79 Å². The van der Waals surface area contributed by atoms with E-state index in [1.54, 1.807) is 0 Å². The monoisotopic (exact) mass is 330 g/mol. The Morgan fingerprint density at radius 1 is 1.29 bits per heavy atom. The number of hydrogen-bond donors (Lipinski definition) is 0. The topological polar surface area (TPSA) is 49.9 Å². The molecule has 5 nitrogen and oxygen atoms in total. The van der Waals surface area contributed by atoms with Crippen LogP contribution in [0, 0.1) is 12.8 Å². The van der Waals surface area contributed by atoms with E-state index in [1.807, 2.05) is 4.90 Å². The highest BCUT2D eigenvalue weighted by molar-refractivity contribution is 5.83. The third-order valence-electron chi connectivity index (χ3n) is 5.13. The second-order valence-corrected chi connectivity index (χ2v) is 6.85. The first-order valence-electron chi connectivity index (χ1n) is 8.87. The van der Waals surface area contributed by atoms with Gasteiger partial charge in [0.25, 0.3) is 0 Å². The number of hydrogen-bond acceptors (Lipinski definition) is 3. The summed E-state index contributed by atoms with van der Waals surface area (Å²) in [4.78, 5) is 27.4. The number of rotatable bonds is 5. The first-order chi connectivity index (χ1) is 11.6. The number of ether oxygens (including phenoxy) is 1. The Kier molecular flexibility index (Phi) is 5.38. The van der Waals surface area contributed by atoms with E-state index < -0.39 is 0 Å². The number of nitrogens with zero attached hydrogens (tertiary/aromatic N) is 2. The average Bonchev–Trinajstić information content (AvgIpc) is 2.99. The lowest BCUT2D eigenvalue weighted by atomic mass is 9.90. The van der Waals surface area contributed by atoms with Gasteiger partial charge in [0.15, 0.2) is 0 Å². The van der Waals surface area contributed by atoms with Crippen molar-refractivity contribution in [2.45, 2.75) is 32.6 Å². The molecule has 5 heteroatoms. The van der Waals surface area contributed by atoms with E-state index in [1.165, 1.54) is 22.4 Å². The molecule has 0 aliphatic carbocycles. The van der Waals surface area contributed by atoms with Gasteiger partial charge in [-0.3, -0.25) is 9.69 Å². The highest BCUT2D eigenvalue weighted by Gasteiger charge is 2.29. The molecule has 2 aliphatic rings. The average molecular weight is 330 g/mol. The molecule has 1 aromatic rings. The molecule has 2 heterocycles. The van der Waals surface area contributed by atoms with Gasteiger partial charge < -0.3 is 9.64 Å². The largest absolute Gasteiger partial charge is 0.448 e. The molecule has 0 saturated carbocycles. The molecule has 2 fully saturated rings. The van der Waals surface area contributed by atoms with E-state index in [0.29, 0.717) is 19.1 Å². The van der Waals surface area contributed by atoms with Crippen molar-refractivity contribution in [1.82, 2.24) is 9.80 Å². The predicted octanol–water partition coefficient (Wildman–Crippen LogP) is 2.62. The zero-order valence-electron chi connectivity index (χ0n) is 14.4. The zero-order valence-corrected chi connectivity index (χ0v) is 14.4. The first-order valence-corrected chi connectivity index (χ1v) is 8.87. The number of aryl methyl sites for hydroxylation is 2. The molecule has 2 aliphatic heterocycles. The van der Waals surface area contributed by atoms with Crippen LogP contribution in [-0.2, 0) is 16.0 Å². The van der Waals surface area contributed by atoms with Crippen LogP contribution in [-0.4, -0.2) is 54.6 Å². The van der Waals surface area contributed by atoms with Crippen LogP contribution in [0.5, 0.6) is 0 Å². The Bertz CT molecular complexity index is 602. The van der Waals surface area contributed by atoms with E-state index in [9.17, 15) is 9.59 Å². The van der Waals surface area contributed by atoms with Gasteiger partial charge in [0.2, 0.25) is 5.91 Å². The van der Waals surface area contributed by atoms with Gasteiger partial charge >= 0.3 is 6.09 Å². The van der Waals surface area contributed by atoms with Crippen LogP contribution in [0.3, 0.4) is 0 Å². The van der Waals surface area contributed by atoms with Crippen LogP contribution in [0.15, 0.2) is 24.3 Å². The maximum absolute atomic E-state index is 12.5. The summed E-state index contributed by atoms with van der Waals surface area (Å²) in [5.41, 5.74) is 2.74. The smallest absolute Gasteiger partial charge is 0.410 e. The fourth-order valence-corrected chi connectivity index (χ4v) is 3.61. The van der Waals surface area contributed by atoms with Gasteiger partial charge in [-0.15, -0.1) is 0 Å². The van der Waals surface area contributed by atoms with E-state index in [4.69, 9.17) is 4.74 Å². The van der Waals surface area contributed by atoms with Gasteiger partial charge in [0.1, 0.15) is 13.2 Å². The summed E-state index contributed by atoms with van der Waals surface area (Å²) in [6, 6.07) is 8.51. The number of piperidine rings is 1. The first kappa shape index (κ1) is 16.8. The fourth-order valence-electron chi connectivity index (χ4n) is 3.61. The van der Waals surface area contributed by atoms with E-state index >= 15 is 0 Å². The van der Waals surface area contributed by atoms with Gasteiger partial charge in [0.05, 0.1) is 6.54 Å². The Balaban J connectivity index is 1.49. The minimum Gasteiger partial charge on any atom is -0.448 e. The molecule has 2 amide bonds. The SMILES string of the molecule is Cc1ccccc1CC[C@@H]1CCCN(C(=O)CN2CCOC2=O)C1. The van der Waals surface area contributed by atoms with Crippen molar-refractivity contribution < 1.29 is 14.3 Å². The highest BCUT2D eigenvalue weighted by atomic mass is 16.6. The van der Waals surface area contributed by atoms with Crippen molar-refractivity contribution in [3.63, 3.8) is 0 Å². The van der Waals surface area contributed by atoms with Crippen molar-refractivity contribution in [2.24, 2.45) is 5.92 Å². The van der Waals surface area contributed by atoms with Crippen LogP contribution in [0.4, 0.5) is 4.79 Å². The third kappa shape index (κ3) is 4.08. The molecular formula is C19H26N2O3. The minimum absolute atomic E-state index is 0.0504. The minimum atomic E-state index is -0.364. The maximum Gasteiger partial charge on any atom is 0.410 e. The van der Waals surface area contributed by atoms with Crippen molar-refractivity contribution in [3.05, 3.63) is 35.4 Å². The van der Waals surface area contributed by atoms with Crippen LogP contribution in [0.25, 0.3) is 0 Å². The van der Waals surface area contributed by atoms with E-state index in [0.717, 1.165) is 32.4 Å². The number of cyclic esters (lactones) is 1. The highest BCUT2D eigenvalue weighted by Crippen LogP contribution is 2.23. The second-order valence-electron chi connectivity index (χ2n) is 6.85. The van der Waals surface area contributed by atoms with Crippen LogP contribution in [0.2, 0.25) is 0 Å². The number of benzene rings is 1. The summed E-state index contributed by atoms with van der Waals surface area (Å²) in [5.74, 6) is 0.599. The molecule has 0 unspecified atom stereocenters. The molecule has 1 atom stereocenters. The van der Waals surface area contributed by atoms with Crippen LogP contribution in [0.1, 0.15) is 30.4 Å². The Labute approximate surface area is 143 Å². The number of amides is 2. The molecule has 0 aromatic heterocycles. The Hall–Kier alpha value is -2.04. The van der Waals surface area contributed by atoms with Crippen molar-refractivity contribution in [1.29, 1.82) is 0 Å². The van der Waals surface area contributed by atoms with E-state index in [-0.39, 0.29) is 18.5 Å². The lowest BCUT2D eigenvalue weighted by Crippen LogP contribution is -2.45. The molecule has 0 radical (unpaired) electrons. The standard InChI is InChI=1S/C19H26N2O3/c1-15-5-2-3-7-17(15)9-8-16-6-4-10-20(13-16)18(22)14-21-11-12-24-19(21)23/h2-3,5,7,16H,4,6,8-14H2,1H3/t16-/m0/s1. The molecule has 130 valence electrons. The molecule has 0 bridgehead atoms. The summed E-state index contributed by atoms with van der Waals surface area (Å²) in [7, 11) is 0. The maximum atomic E-state index is 12.5. The number of carbonyl (C=O) groups excluding carboxylic acids is 2. The van der Waals surface area contributed by atoms with E-state index in [2.05, 4.69) is 31.2 Å². The normalized spacial score (nSPS) is 21.0. The van der Waals surface area contributed by atoms with Crippen LogP contribution >= 0.6 is 0 Å². The molecule has 3 rings (SSSR count). The van der Waals surface area contributed by atoms with Crippen LogP contribution < -0.4 is 0 Å². The third-order valence-corrected chi connectivity index (χ3v) is 5.13. The Morgan fingerprint density at radius 3 is 2.88 bits per heavy atom. The molecule has 24 heavy (non-hydrogen) atoms. The summed E-state index contributed by atoms with van der Waals surface area (Å²) < 4.78 is 4.89. The molecule has 0 spiro atoms. The molecule has 1 aromatic carbocycles. The van der Waals surface area contributed by atoms with Crippen molar-refractivity contribution in [2.75, 3.05) is 32.8 Å². The molecular weight excluding hydrogens is 304 g/mol. The molecule has 2 saturated heterocycles. The summed E-state index contributed by atoms with van der Waals surface area (Å²) in [6.45, 7) is 4.85. The number of likely N-dealkylation sites (tertiary alicyclic amines) is 1. The number of carbonyl (C=O) groups is 2. The predicted molar refractivity (Wildman–Crippen MR) is 91.7 cm³/mol. The van der Waals surface area contributed by atoms with Gasteiger partial charge in [0, 0.05) is 13.1 Å². The summed E-state index contributed by atoms with van der Waals surface area (Å²) in [6.07, 6.45) is 4.05. The Morgan fingerprint density at radius 2 is 2.12 bits per heavy atom.